The third kappa shape index (κ3) is 5.37. The molecule has 0 amide bonds. The zero-order chi connectivity index (χ0) is 26.9. The van der Waals surface area contributed by atoms with Crippen LogP contribution in [0.2, 0.25) is 0 Å². The van der Waals surface area contributed by atoms with Crippen molar-refractivity contribution in [3.05, 3.63) is 97.1 Å². The van der Waals surface area contributed by atoms with Gasteiger partial charge in [0.1, 0.15) is 17.2 Å². The number of hydrogen-bond acceptors (Lipinski definition) is 6. The predicted octanol–water partition coefficient (Wildman–Crippen LogP) is 7.18. The molecule has 0 radical (unpaired) electrons. The Balaban J connectivity index is 1.86. The Morgan fingerprint density at radius 2 is 0.919 bits per heavy atom. The van der Waals surface area contributed by atoms with Gasteiger partial charge in [0.25, 0.3) is 0 Å². The molecule has 4 aromatic rings. The van der Waals surface area contributed by atoms with Crippen molar-refractivity contribution in [2.75, 3.05) is 0 Å². The van der Waals surface area contributed by atoms with Crippen LogP contribution < -0.4 is 14.2 Å². The fourth-order valence-corrected chi connectivity index (χ4v) is 5.86. The highest BCUT2D eigenvalue weighted by Gasteiger charge is 2.26. The second-order valence-electron chi connectivity index (χ2n) is 8.60. The van der Waals surface area contributed by atoms with Gasteiger partial charge in [-0.2, -0.15) is 0 Å². The molecule has 0 aliphatic carbocycles. The Morgan fingerprint density at radius 3 is 1.30 bits per heavy atom. The lowest BCUT2D eigenvalue weighted by Crippen LogP contribution is -2.08. The molecule has 0 aliphatic heterocycles. The summed E-state index contributed by atoms with van der Waals surface area (Å²) in [5.41, 5.74) is 0.903. The van der Waals surface area contributed by atoms with Gasteiger partial charge in [0, 0.05) is 51.5 Å². The van der Waals surface area contributed by atoms with Crippen molar-refractivity contribution in [1.82, 2.24) is 0 Å². The van der Waals surface area contributed by atoms with E-state index in [4.69, 9.17) is 14.2 Å². The molecule has 0 N–H and O–H groups in total. The number of rotatable bonds is 7. The molecule has 0 saturated carbocycles. The number of carbonyl (C=O) groups excluding carboxylic acids is 3. The first-order chi connectivity index (χ1) is 17.5. The molecule has 0 fully saturated rings. The van der Waals surface area contributed by atoms with E-state index in [-0.39, 0.29) is 0 Å². The maximum absolute atomic E-state index is 12.1. The fourth-order valence-electron chi connectivity index (χ4n) is 3.52. The maximum Gasteiger partial charge on any atom is 0.338 e. The summed E-state index contributed by atoms with van der Waals surface area (Å²) >= 11 is 0. The highest BCUT2D eigenvalue weighted by molar-refractivity contribution is 7.50. The van der Waals surface area contributed by atoms with Gasteiger partial charge in [-0.05, 0) is 57.2 Å². The Kier molecular flexibility index (Phi) is 7.09. The monoisotopic (exact) mass is 513 g/mol. The van der Waals surface area contributed by atoms with Gasteiger partial charge in [0.15, 0.2) is 14.3 Å². The van der Waals surface area contributed by atoms with Crippen LogP contribution in [0.5, 0.6) is 17.2 Å². The molecule has 0 saturated heterocycles. The van der Waals surface area contributed by atoms with Crippen molar-refractivity contribution in [1.29, 1.82) is 0 Å². The number of ether oxygens (including phenoxy) is 3. The number of thiophene rings is 1. The van der Waals surface area contributed by atoms with Crippen LogP contribution in [0.1, 0.15) is 20.8 Å². The summed E-state index contributed by atoms with van der Waals surface area (Å²) in [5.74, 6) is -0.323. The first-order valence-electron chi connectivity index (χ1n) is 11.3. The highest BCUT2D eigenvalue weighted by atomic mass is 32.2. The fraction of sp³-hybridized carbons (Fsp3) is 0.100. The van der Waals surface area contributed by atoms with Crippen molar-refractivity contribution >= 4 is 48.6 Å². The Morgan fingerprint density at radius 1 is 0.568 bits per heavy atom. The first-order valence-corrected chi connectivity index (χ1v) is 12.5. The molecule has 0 unspecified atom stereocenters. The average Bonchev–Trinajstić information content (AvgIpc) is 3.17. The first kappa shape index (κ1) is 25.6. The average molecular weight is 514 g/mol. The summed E-state index contributed by atoms with van der Waals surface area (Å²) in [7, 11) is -0.504. The minimum Gasteiger partial charge on any atom is -0.423 e. The number of hydrogen-bond donors (Lipinski definition) is 0. The summed E-state index contributed by atoms with van der Waals surface area (Å²) < 4.78 is 18.3. The Labute approximate surface area is 217 Å². The standard InChI is InChI=1S/C30H25O6S/c1-17(2)28(31)34-20-7-11-23(12-8-20)37-26-13-9-21(35-29(32)18(3)4)15-24(26)25-16-22(10-14-27(25)37)36-30(33)19(5)6/h7-16H,1,3,5H2,2,4,6H3/q+1. The van der Waals surface area contributed by atoms with Gasteiger partial charge in [-0.15, -0.1) is 0 Å². The van der Waals surface area contributed by atoms with Gasteiger partial charge < -0.3 is 14.2 Å². The molecule has 6 nitrogen and oxygen atoms in total. The number of esters is 3. The molecule has 0 bridgehead atoms. The van der Waals surface area contributed by atoms with Gasteiger partial charge in [-0.25, -0.2) is 14.4 Å². The number of fused-ring (bicyclic) bond motifs is 3. The van der Waals surface area contributed by atoms with E-state index in [1.807, 2.05) is 24.3 Å². The topological polar surface area (TPSA) is 78.9 Å². The molecular formula is C30H25O6S+. The van der Waals surface area contributed by atoms with Crippen molar-refractivity contribution in [3.63, 3.8) is 0 Å². The van der Waals surface area contributed by atoms with Crippen molar-refractivity contribution in [3.8, 4) is 22.1 Å². The van der Waals surface area contributed by atoms with Gasteiger partial charge >= 0.3 is 17.9 Å². The third-order valence-electron chi connectivity index (χ3n) is 5.37. The maximum atomic E-state index is 12.1. The molecule has 1 aromatic heterocycles. The summed E-state index contributed by atoms with van der Waals surface area (Å²) in [6.45, 7) is 15.6. The molecule has 4 rings (SSSR count). The summed E-state index contributed by atoms with van der Waals surface area (Å²) in [6.07, 6.45) is 0. The lowest BCUT2D eigenvalue weighted by Gasteiger charge is -2.04. The number of carbonyl (C=O) groups is 3. The van der Waals surface area contributed by atoms with E-state index in [1.54, 1.807) is 57.2 Å². The van der Waals surface area contributed by atoms with Crippen LogP contribution in [0.3, 0.4) is 0 Å². The molecule has 3 aromatic carbocycles. The molecular weight excluding hydrogens is 488 g/mol. The van der Waals surface area contributed by atoms with Crippen molar-refractivity contribution in [2.24, 2.45) is 0 Å². The largest absolute Gasteiger partial charge is 0.423 e. The minimum absolute atomic E-state index is 0.294. The van der Waals surface area contributed by atoms with Gasteiger partial charge in [-0.3, -0.25) is 0 Å². The minimum atomic E-state index is -0.513. The normalized spacial score (nSPS) is 10.7. The molecule has 7 heteroatoms. The Bertz CT molecular complexity index is 1540. The van der Waals surface area contributed by atoms with Crippen LogP contribution in [0.25, 0.3) is 25.1 Å². The van der Waals surface area contributed by atoms with E-state index in [0.29, 0.717) is 34.0 Å². The molecule has 37 heavy (non-hydrogen) atoms. The van der Waals surface area contributed by atoms with Crippen LogP contribution in [0, 0.1) is 0 Å². The predicted molar refractivity (Wildman–Crippen MR) is 147 cm³/mol. The van der Waals surface area contributed by atoms with E-state index in [9.17, 15) is 14.4 Å². The number of benzene rings is 3. The molecule has 0 atom stereocenters. The van der Waals surface area contributed by atoms with E-state index >= 15 is 0 Å². The van der Waals surface area contributed by atoms with Crippen molar-refractivity contribution < 1.29 is 28.6 Å². The van der Waals surface area contributed by atoms with Gasteiger partial charge in [0.05, 0.1) is 10.8 Å². The smallest absolute Gasteiger partial charge is 0.338 e. The van der Waals surface area contributed by atoms with E-state index in [1.165, 1.54) is 0 Å². The third-order valence-corrected chi connectivity index (χ3v) is 7.70. The van der Waals surface area contributed by atoms with Gasteiger partial charge in [0.2, 0.25) is 0 Å². The Hall–Kier alpha value is -4.49. The van der Waals surface area contributed by atoms with Gasteiger partial charge in [-0.1, -0.05) is 19.7 Å². The van der Waals surface area contributed by atoms with E-state index < -0.39 is 28.4 Å². The molecule has 186 valence electrons. The zero-order valence-corrected chi connectivity index (χ0v) is 21.6. The van der Waals surface area contributed by atoms with Crippen LogP contribution in [0.4, 0.5) is 0 Å². The van der Waals surface area contributed by atoms with Crippen molar-refractivity contribution in [2.45, 2.75) is 20.8 Å². The van der Waals surface area contributed by atoms with E-state index in [0.717, 1.165) is 25.1 Å². The van der Waals surface area contributed by atoms with Crippen LogP contribution >= 0.6 is 10.5 Å². The molecule has 1 heterocycles. The zero-order valence-electron chi connectivity index (χ0n) is 20.8. The molecule has 0 spiro atoms. The lowest BCUT2D eigenvalue weighted by molar-refractivity contribution is -0.130. The molecule has 0 aliphatic rings. The SMILES string of the molecule is C=C(C)C(=O)Oc1ccc(-[s+]2c3ccc(OC(=O)C(=C)C)cc3c3cc(OC(=O)C(=C)C)ccc32)cc1. The van der Waals surface area contributed by atoms with Crippen LogP contribution in [-0.2, 0) is 14.4 Å². The van der Waals surface area contributed by atoms with Crippen LogP contribution in [0.15, 0.2) is 97.1 Å². The second kappa shape index (κ2) is 10.2. The summed E-state index contributed by atoms with van der Waals surface area (Å²) in [5, 5.41) is 1.72. The van der Waals surface area contributed by atoms with E-state index in [2.05, 4.69) is 19.7 Å². The quantitative estimate of drug-likeness (QED) is 0.113. The highest BCUT2D eigenvalue weighted by Crippen LogP contribution is 2.50. The summed E-state index contributed by atoms with van der Waals surface area (Å²) in [4.78, 5) is 37.1. The summed E-state index contributed by atoms with van der Waals surface area (Å²) in [6, 6.07) is 18.2. The van der Waals surface area contributed by atoms with Crippen LogP contribution in [-0.4, -0.2) is 17.9 Å². The lowest BCUT2D eigenvalue weighted by atomic mass is 10.1. The second-order valence-corrected chi connectivity index (χ2v) is 10.6.